The molecule has 0 saturated carbocycles. The molecule has 1 aliphatic heterocycles. The van der Waals surface area contributed by atoms with Crippen LogP contribution in [0.1, 0.15) is 45.5 Å². The van der Waals surface area contributed by atoms with Crippen molar-refractivity contribution in [2.45, 2.75) is 26.2 Å². The third-order valence-electron chi connectivity index (χ3n) is 5.93. The SMILES string of the molecule is Cc1cccc(C(=O)Nc2ccc(NC(=O)CNc3ccc(C(=O)N4CCCCC4)cc3)cc2)c1. The van der Waals surface area contributed by atoms with E-state index in [0.29, 0.717) is 22.5 Å². The van der Waals surface area contributed by atoms with Crippen molar-refractivity contribution in [3.8, 4) is 0 Å². The molecule has 7 nitrogen and oxygen atoms in total. The van der Waals surface area contributed by atoms with E-state index in [9.17, 15) is 14.4 Å². The first kappa shape index (κ1) is 24.0. The molecule has 0 aromatic heterocycles. The lowest BCUT2D eigenvalue weighted by atomic mass is 10.1. The maximum absolute atomic E-state index is 12.6. The smallest absolute Gasteiger partial charge is 0.255 e. The largest absolute Gasteiger partial charge is 0.376 e. The lowest BCUT2D eigenvalue weighted by Crippen LogP contribution is -2.35. The molecule has 1 saturated heterocycles. The number of benzene rings is 3. The molecule has 0 aliphatic carbocycles. The highest BCUT2D eigenvalue weighted by atomic mass is 16.2. The molecule has 0 spiro atoms. The molecule has 1 fully saturated rings. The molecular weight excluding hydrogens is 440 g/mol. The Kier molecular flexibility index (Phi) is 7.77. The summed E-state index contributed by atoms with van der Waals surface area (Å²) in [5.74, 6) is -0.319. The van der Waals surface area contributed by atoms with Crippen molar-refractivity contribution in [2.24, 2.45) is 0 Å². The first-order valence-electron chi connectivity index (χ1n) is 11.9. The van der Waals surface area contributed by atoms with Crippen LogP contribution in [0.5, 0.6) is 0 Å². The lowest BCUT2D eigenvalue weighted by molar-refractivity contribution is -0.114. The van der Waals surface area contributed by atoms with Crippen molar-refractivity contribution < 1.29 is 14.4 Å². The highest BCUT2D eigenvalue weighted by Crippen LogP contribution is 2.17. The quantitative estimate of drug-likeness (QED) is 0.457. The van der Waals surface area contributed by atoms with Crippen LogP contribution in [-0.2, 0) is 4.79 Å². The molecule has 1 heterocycles. The normalized spacial score (nSPS) is 13.1. The number of carbonyl (C=O) groups is 3. The second kappa shape index (κ2) is 11.3. The van der Waals surface area contributed by atoms with Gasteiger partial charge in [-0.05, 0) is 86.8 Å². The number of amides is 3. The maximum Gasteiger partial charge on any atom is 0.255 e. The number of hydrogen-bond donors (Lipinski definition) is 3. The van der Waals surface area contributed by atoms with E-state index >= 15 is 0 Å². The van der Waals surface area contributed by atoms with E-state index < -0.39 is 0 Å². The highest BCUT2D eigenvalue weighted by Gasteiger charge is 2.17. The Morgan fingerprint density at radius 3 is 2.03 bits per heavy atom. The van der Waals surface area contributed by atoms with Gasteiger partial charge in [0.15, 0.2) is 0 Å². The molecular formula is C28H30N4O3. The van der Waals surface area contributed by atoms with Crippen LogP contribution >= 0.6 is 0 Å². The fourth-order valence-electron chi connectivity index (χ4n) is 4.02. The standard InChI is InChI=1S/C28H30N4O3/c1-20-6-5-7-22(18-20)27(34)31-25-14-12-24(13-15-25)30-26(33)19-29-23-10-8-21(9-11-23)28(35)32-16-3-2-4-17-32/h5-15,18,29H,2-4,16-17,19H2,1H3,(H,30,33)(H,31,34). The summed E-state index contributed by atoms with van der Waals surface area (Å²) in [6, 6.07) is 21.6. The molecule has 0 unspecified atom stereocenters. The van der Waals surface area contributed by atoms with Crippen molar-refractivity contribution in [3.63, 3.8) is 0 Å². The molecule has 1 aliphatic rings. The third kappa shape index (κ3) is 6.69. The summed E-state index contributed by atoms with van der Waals surface area (Å²) in [7, 11) is 0. The molecule has 7 heteroatoms. The van der Waals surface area contributed by atoms with E-state index in [1.54, 1.807) is 42.5 Å². The van der Waals surface area contributed by atoms with Crippen LogP contribution in [0.2, 0.25) is 0 Å². The number of nitrogens with one attached hydrogen (secondary N) is 3. The zero-order valence-corrected chi connectivity index (χ0v) is 19.8. The van der Waals surface area contributed by atoms with Crippen LogP contribution in [-0.4, -0.2) is 42.3 Å². The van der Waals surface area contributed by atoms with Crippen molar-refractivity contribution in [3.05, 3.63) is 89.5 Å². The van der Waals surface area contributed by atoms with Gasteiger partial charge in [-0.3, -0.25) is 14.4 Å². The van der Waals surface area contributed by atoms with Crippen LogP contribution in [0.15, 0.2) is 72.8 Å². The van der Waals surface area contributed by atoms with Crippen LogP contribution in [0.4, 0.5) is 17.1 Å². The zero-order valence-electron chi connectivity index (χ0n) is 19.8. The van der Waals surface area contributed by atoms with E-state index in [4.69, 9.17) is 0 Å². The second-order valence-electron chi connectivity index (χ2n) is 8.73. The average Bonchev–Trinajstić information content (AvgIpc) is 2.89. The van der Waals surface area contributed by atoms with Crippen LogP contribution in [0, 0.1) is 6.92 Å². The Balaban J connectivity index is 1.24. The molecule has 3 amide bonds. The number of anilines is 3. The molecule has 3 aromatic carbocycles. The summed E-state index contributed by atoms with van der Waals surface area (Å²) >= 11 is 0. The number of piperidine rings is 1. The number of nitrogens with zero attached hydrogens (tertiary/aromatic N) is 1. The minimum Gasteiger partial charge on any atom is -0.376 e. The Morgan fingerprint density at radius 1 is 0.743 bits per heavy atom. The fraction of sp³-hybridized carbons (Fsp3) is 0.250. The monoisotopic (exact) mass is 470 g/mol. The first-order valence-corrected chi connectivity index (χ1v) is 11.9. The second-order valence-corrected chi connectivity index (χ2v) is 8.73. The highest BCUT2D eigenvalue weighted by molar-refractivity contribution is 6.04. The summed E-state index contributed by atoms with van der Waals surface area (Å²) in [4.78, 5) is 39.2. The molecule has 180 valence electrons. The summed E-state index contributed by atoms with van der Waals surface area (Å²) in [5.41, 5.74) is 4.32. The molecule has 4 rings (SSSR count). The van der Waals surface area contributed by atoms with Gasteiger partial charge in [-0.25, -0.2) is 0 Å². The van der Waals surface area contributed by atoms with Gasteiger partial charge in [-0.1, -0.05) is 17.7 Å². The molecule has 0 radical (unpaired) electrons. The number of carbonyl (C=O) groups excluding carboxylic acids is 3. The minimum atomic E-state index is -0.199. The van der Waals surface area contributed by atoms with Gasteiger partial charge in [0.1, 0.15) is 0 Å². The Hall–Kier alpha value is -4.13. The molecule has 3 N–H and O–H groups in total. The van der Waals surface area contributed by atoms with E-state index in [2.05, 4.69) is 16.0 Å². The number of hydrogen-bond acceptors (Lipinski definition) is 4. The lowest BCUT2D eigenvalue weighted by Gasteiger charge is -2.26. The van der Waals surface area contributed by atoms with Gasteiger partial charge in [-0.2, -0.15) is 0 Å². The minimum absolute atomic E-state index is 0.0625. The number of rotatable bonds is 7. The molecule has 35 heavy (non-hydrogen) atoms. The van der Waals surface area contributed by atoms with E-state index in [0.717, 1.165) is 37.2 Å². The van der Waals surface area contributed by atoms with Gasteiger partial charge in [0, 0.05) is 41.3 Å². The van der Waals surface area contributed by atoms with Crippen molar-refractivity contribution in [2.75, 3.05) is 35.6 Å². The van der Waals surface area contributed by atoms with Crippen LogP contribution < -0.4 is 16.0 Å². The summed E-state index contributed by atoms with van der Waals surface area (Å²) < 4.78 is 0. The number of likely N-dealkylation sites (tertiary alicyclic amines) is 1. The van der Waals surface area contributed by atoms with Gasteiger partial charge in [-0.15, -0.1) is 0 Å². The van der Waals surface area contributed by atoms with Crippen LogP contribution in [0.25, 0.3) is 0 Å². The Bertz CT molecular complexity index is 1180. The van der Waals surface area contributed by atoms with E-state index in [1.807, 2.05) is 42.2 Å². The van der Waals surface area contributed by atoms with Gasteiger partial charge >= 0.3 is 0 Å². The average molecular weight is 471 g/mol. The summed E-state index contributed by atoms with van der Waals surface area (Å²) in [6.45, 7) is 3.67. The predicted molar refractivity (Wildman–Crippen MR) is 139 cm³/mol. The molecule has 0 bridgehead atoms. The van der Waals surface area contributed by atoms with Gasteiger partial charge in [0.2, 0.25) is 5.91 Å². The van der Waals surface area contributed by atoms with Gasteiger partial charge in [0.05, 0.1) is 6.54 Å². The Morgan fingerprint density at radius 2 is 1.37 bits per heavy atom. The van der Waals surface area contributed by atoms with Crippen molar-refractivity contribution in [1.29, 1.82) is 0 Å². The van der Waals surface area contributed by atoms with Gasteiger partial charge < -0.3 is 20.9 Å². The van der Waals surface area contributed by atoms with Crippen molar-refractivity contribution in [1.82, 2.24) is 4.90 Å². The van der Waals surface area contributed by atoms with E-state index in [1.165, 1.54) is 6.42 Å². The number of aryl methyl sites for hydroxylation is 1. The predicted octanol–water partition coefficient (Wildman–Crippen LogP) is 4.92. The maximum atomic E-state index is 12.6. The summed E-state index contributed by atoms with van der Waals surface area (Å²) in [5, 5.41) is 8.76. The molecule has 0 atom stereocenters. The third-order valence-corrected chi connectivity index (χ3v) is 5.93. The zero-order chi connectivity index (χ0) is 24.6. The Labute approximate surface area is 205 Å². The van der Waals surface area contributed by atoms with Crippen molar-refractivity contribution >= 4 is 34.8 Å². The summed E-state index contributed by atoms with van der Waals surface area (Å²) in [6.07, 6.45) is 3.31. The van der Waals surface area contributed by atoms with Gasteiger partial charge in [0.25, 0.3) is 11.8 Å². The molecule has 3 aromatic rings. The topological polar surface area (TPSA) is 90.5 Å². The fourth-order valence-corrected chi connectivity index (χ4v) is 4.02. The van der Waals surface area contributed by atoms with E-state index in [-0.39, 0.29) is 24.3 Å². The first-order chi connectivity index (χ1) is 17.0. The van der Waals surface area contributed by atoms with Crippen LogP contribution in [0.3, 0.4) is 0 Å².